The molecule has 3 rings (SSSR count). The number of fused-ring (bicyclic) bond motifs is 1. The second-order valence-corrected chi connectivity index (χ2v) is 7.60. The number of hydrogen-bond acceptors (Lipinski definition) is 5. The zero-order chi connectivity index (χ0) is 20.8. The zero-order valence-electron chi connectivity index (χ0n) is 16.4. The molecule has 0 fully saturated rings. The van der Waals surface area contributed by atoms with Crippen molar-refractivity contribution in [3.05, 3.63) is 71.5 Å². The SMILES string of the molecule is C=CCn1c(SC(C)C(=O)Nc2ccccc2OCC)nc2ccccc2c1=O. The minimum absolute atomic E-state index is 0.146. The summed E-state index contributed by atoms with van der Waals surface area (Å²) in [6, 6.07) is 14.5. The number of amides is 1. The van der Waals surface area contributed by atoms with E-state index in [4.69, 9.17) is 4.74 Å². The van der Waals surface area contributed by atoms with E-state index in [0.717, 1.165) is 0 Å². The molecule has 0 saturated heterocycles. The van der Waals surface area contributed by atoms with Crippen molar-refractivity contribution >= 4 is 34.3 Å². The summed E-state index contributed by atoms with van der Waals surface area (Å²) >= 11 is 1.24. The van der Waals surface area contributed by atoms with E-state index in [1.165, 1.54) is 16.3 Å². The molecule has 1 aromatic heterocycles. The predicted octanol–water partition coefficient (Wildman–Crippen LogP) is 4.10. The zero-order valence-corrected chi connectivity index (χ0v) is 17.2. The minimum atomic E-state index is -0.478. The summed E-state index contributed by atoms with van der Waals surface area (Å²) in [5.41, 5.74) is 1.07. The second-order valence-electron chi connectivity index (χ2n) is 6.29. The monoisotopic (exact) mass is 409 g/mol. The largest absolute Gasteiger partial charge is 0.492 e. The maximum Gasteiger partial charge on any atom is 0.262 e. The minimum Gasteiger partial charge on any atom is -0.492 e. The number of para-hydroxylation sites is 3. The number of nitrogens with zero attached hydrogens (tertiary/aromatic N) is 2. The summed E-state index contributed by atoms with van der Waals surface area (Å²) in [5, 5.41) is 3.44. The number of anilines is 1. The van der Waals surface area contributed by atoms with Gasteiger partial charge in [0.15, 0.2) is 5.16 Å². The summed E-state index contributed by atoms with van der Waals surface area (Å²) < 4.78 is 7.10. The quantitative estimate of drug-likeness (QED) is 0.344. The van der Waals surface area contributed by atoms with Gasteiger partial charge in [0.25, 0.3) is 5.56 Å². The molecule has 1 atom stereocenters. The van der Waals surface area contributed by atoms with Crippen molar-refractivity contribution in [3.8, 4) is 5.75 Å². The van der Waals surface area contributed by atoms with E-state index in [1.807, 2.05) is 37.3 Å². The Bertz CT molecular complexity index is 1090. The molecule has 29 heavy (non-hydrogen) atoms. The molecule has 7 heteroatoms. The number of carbonyl (C=O) groups is 1. The summed E-state index contributed by atoms with van der Waals surface area (Å²) in [7, 11) is 0. The summed E-state index contributed by atoms with van der Waals surface area (Å²) in [6.07, 6.45) is 1.64. The number of nitrogens with one attached hydrogen (secondary N) is 1. The van der Waals surface area contributed by atoms with E-state index in [9.17, 15) is 9.59 Å². The third kappa shape index (κ3) is 4.68. The van der Waals surface area contributed by atoms with Crippen LogP contribution in [0.1, 0.15) is 13.8 Å². The summed E-state index contributed by atoms with van der Waals surface area (Å²) in [5.74, 6) is 0.419. The fourth-order valence-corrected chi connectivity index (χ4v) is 3.74. The van der Waals surface area contributed by atoms with Gasteiger partial charge >= 0.3 is 0 Å². The molecule has 0 radical (unpaired) electrons. The van der Waals surface area contributed by atoms with Crippen LogP contribution in [0.25, 0.3) is 10.9 Å². The summed E-state index contributed by atoms with van der Waals surface area (Å²) in [4.78, 5) is 30.2. The molecule has 1 heterocycles. The van der Waals surface area contributed by atoms with Gasteiger partial charge < -0.3 is 10.1 Å². The van der Waals surface area contributed by atoms with E-state index in [0.29, 0.717) is 40.6 Å². The molecule has 0 aliphatic carbocycles. The average Bonchev–Trinajstić information content (AvgIpc) is 2.72. The molecule has 0 aliphatic rings. The van der Waals surface area contributed by atoms with Crippen molar-refractivity contribution in [2.45, 2.75) is 30.8 Å². The molecule has 3 aromatic rings. The Kier molecular flexibility index (Phi) is 6.72. The highest BCUT2D eigenvalue weighted by Gasteiger charge is 2.20. The lowest BCUT2D eigenvalue weighted by atomic mass is 10.2. The Morgan fingerprint density at radius 3 is 2.76 bits per heavy atom. The Morgan fingerprint density at radius 2 is 2.00 bits per heavy atom. The molecular formula is C22H23N3O3S. The maximum atomic E-state index is 12.8. The van der Waals surface area contributed by atoms with Gasteiger partial charge in [-0.05, 0) is 38.1 Å². The highest BCUT2D eigenvalue weighted by Crippen LogP contribution is 2.27. The average molecular weight is 410 g/mol. The normalized spacial score (nSPS) is 11.8. The molecule has 0 aliphatic heterocycles. The van der Waals surface area contributed by atoms with Crippen molar-refractivity contribution in [3.63, 3.8) is 0 Å². The Hall–Kier alpha value is -3.06. The number of rotatable bonds is 8. The van der Waals surface area contributed by atoms with Crippen LogP contribution in [0.5, 0.6) is 5.75 Å². The topological polar surface area (TPSA) is 73.2 Å². The standard InChI is InChI=1S/C22H23N3O3S/c1-4-14-25-21(27)16-10-6-7-11-17(16)24-22(25)29-15(3)20(26)23-18-12-8-9-13-19(18)28-5-2/h4,6-13,15H,1,5,14H2,2-3H3,(H,23,26). The molecule has 0 bridgehead atoms. The molecule has 0 spiro atoms. The number of thioether (sulfide) groups is 1. The number of aromatic nitrogens is 2. The van der Waals surface area contributed by atoms with Crippen LogP contribution in [-0.4, -0.2) is 27.3 Å². The molecular weight excluding hydrogens is 386 g/mol. The van der Waals surface area contributed by atoms with Gasteiger partial charge in [0, 0.05) is 6.54 Å². The van der Waals surface area contributed by atoms with Crippen LogP contribution in [0.2, 0.25) is 0 Å². The Balaban J connectivity index is 1.86. The van der Waals surface area contributed by atoms with Gasteiger partial charge in [-0.15, -0.1) is 6.58 Å². The van der Waals surface area contributed by atoms with E-state index < -0.39 is 5.25 Å². The smallest absolute Gasteiger partial charge is 0.262 e. The van der Waals surface area contributed by atoms with Crippen LogP contribution in [0.15, 0.2) is 71.1 Å². The van der Waals surface area contributed by atoms with E-state index >= 15 is 0 Å². The number of ether oxygens (including phenoxy) is 1. The Morgan fingerprint density at radius 1 is 1.28 bits per heavy atom. The first-order valence-corrected chi connectivity index (χ1v) is 10.2. The molecule has 0 saturated carbocycles. The molecule has 2 aromatic carbocycles. The van der Waals surface area contributed by atoms with E-state index in [2.05, 4.69) is 16.9 Å². The van der Waals surface area contributed by atoms with Crippen molar-refractivity contribution in [1.82, 2.24) is 9.55 Å². The van der Waals surface area contributed by atoms with Crippen LogP contribution < -0.4 is 15.6 Å². The number of benzene rings is 2. The fraction of sp³-hybridized carbons (Fsp3) is 0.227. The van der Waals surface area contributed by atoms with Gasteiger partial charge in [-0.25, -0.2) is 4.98 Å². The molecule has 1 unspecified atom stereocenters. The highest BCUT2D eigenvalue weighted by atomic mass is 32.2. The lowest BCUT2D eigenvalue weighted by Gasteiger charge is -2.16. The lowest BCUT2D eigenvalue weighted by molar-refractivity contribution is -0.115. The molecule has 6 nitrogen and oxygen atoms in total. The van der Waals surface area contributed by atoms with Gasteiger partial charge in [0.05, 0.1) is 28.4 Å². The molecule has 1 amide bonds. The van der Waals surface area contributed by atoms with Gasteiger partial charge in [-0.2, -0.15) is 0 Å². The second kappa shape index (κ2) is 9.43. The Labute approximate surface area is 173 Å². The number of hydrogen-bond donors (Lipinski definition) is 1. The first kappa shape index (κ1) is 20.7. The van der Waals surface area contributed by atoms with E-state index in [1.54, 1.807) is 31.2 Å². The first-order valence-electron chi connectivity index (χ1n) is 9.35. The van der Waals surface area contributed by atoms with Crippen LogP contribution >= 0.6 is 11.8 Å². The molecule has 150 valence electrons. The van der Waals surface area contributed by atoms with E-state index in [-0.39, 0.29) is 11.5 Å². The third-order valence-corrected chi connectivity index (χ3v) is 5.32. The van der Waals surface area contributed by atoms with Gasteiger partial charge in [-0.3, -0.25) is 14.2 Å². The lowest BCUT2D eigenvalue weighted by Crippen LogP contribution is -2.27. The highest BCUT2D eigenvalue weighted by molar-refractivity contribution is 8.00. The fourth-order valence-electron chi connectivity index (χ4n) is 2.82. The predicted molar refractivity (Wildman–Crippen MR) is 118 cm³/mol. The van der Waals surface area contributed by atoms with Gasteiger partial charge in [0.2, 0.25) is 5.91 Å². The van der Waals surface area contributed by atoms with Crippen molar-refractivity contribution in [2.75, 3.05) is 11.9 Å². The molecule has 1 N–H and O–H groups in total. The van der Waals surface area contributed by atoms with Crippen molar-refractivity contribution < 1.29 is 9.53 Å². The number of carbonyl (C=O) groups excluding carboxylic acids is 1. The van der Waals surface area contributed by atoms with Crippen LogP contribution in [0.3, 0.4) is 0 Å². The van der Waals surface area contributed by atoms with Gasteiger partial charge in [0.1, 0.15) is 5.75 Å². The van der Waals surface area contributed by atoms with Crippen LogP contribution in [0, 0.1) is 0 Å². The van der Waals surface area contributed by atoms with Crippen molar-refractivity contribution in [1.29, 1.82) is 0 Å². The first-order chi connectivity index (χ1) is 14.0. The van der Waals surface area contributed by atoms with Gasteiger partial charge in [-0.1, -0.05) is 42.1 Å². The third-order valence-electron chi connectivity index (χ3n) is 4.23. The van der Waals surface area contributed by atoms with Crippen LogP contribution in [0.4, 0.5) is 5.69 Å². The summed E-state index contributed by atoms with van der Waals surface area (Å²) in [6.45, 7) is 8.22. The van der Waals surface area contributed by atoms with Crippen LogP contribution in [-0.2, 0) is 11.3 Å². The number of allylic oxidation sites excluding steroid dienone is 1. The maximum absolute atomic E-state index is 12.8. The van der Waals surface area contributed by atoms with Crippen molar-refractivity contribution in [2.24, 2.45) is 0 Å².